The first-order chi connectivity index (χ1) is 15.2. The second-order valence-electron chi connectivity index (χ2n) is 7.90. The van der Waals surface area contributed by atoms with Crippen LogP contribution < -0.4 is 10.7 Å². The summed E-state index contributed by atoms with van der Waals surface area (Å²) in [5.41, 5.74) is 2.66. The fraction of sp³-hybridized carbons (Fsp3) is 0.364. The van der Waals surface area contributed by atoms with Gasteiger partial charge in [-0.15, -0.1) is 0 Å². The van der Waals surface area contributed by atoms with E-state index in [9.17, 15) is 18.0 Å². The van der Waals surface area contributed by atoms with Crippen molar-refractivity contribution in [2.45, 2.75) is 31.3 Å². The van der Waals surface area contributed by atoms with E-state index in [1.807, 2.05) is 32.0 Å². The zero-order chi connectivity index (χ0) is 23.0. The van der Waals surface area contributed by atoms with E-state index in [1.165, 1.54) is 29.6 Å². The lowest BCUT2D eigenvalue weighted by molar-refractivity contribution is -0.141. The minimum Gasteiger partial charge on any atom is -0.468 e. The van der Waals surface area contributed by atoms with E-state index in [0.29, 0.717) is 25.2 Å². The van der Waals surface area contributed by atoms with E-state index < -0.39 is 21.7 Å². The van der Waals surface area contributed by atoms with E-state index in [1.54, 1.807) is 0 Å². The van der Waals surface area contributed by atoms with Gasteiger partial charge in [0.15, 0.2) is 5.58 Å². The Morgan fingerprint density at radius 3 is 2.66 bits per heavy atom. The third kappa shape index (κ3) is 4.03. The van der Waals surface area contributed by atoms with Crippen molar-refractivity contribution in [1.82, 2.24) is 8.87 Å². The van der Waals surface area contributed by atoms with Crippen LogP contribution in [0.4, 0.5) is 5.69 Å². The van der Waals surface area contributed by atoms with E-state index in [0.717, 1.165) is 15.8 Å². The molecule has 1 fully saturated rings. The van der Waals surface area contributed by atoms with Gasteiger partial charge in [-0.2, -0.15) is 4.31 Å². The number of hydrogen-bond donors (Lipinski definition) is 0. The summed E-state index contributed by atoms with van der Waals surface area (Å²) in [7, 11) is -2.57. The summed E-state index contributed by atoms with van der Waals surface area (Å²) >= 11 is 0. The van der Waals surface area contributed by atoms with Crippen molar-refractivity contribution in [3.05, 3.63) is 58.6 Å². The van der Waals surface area contributed by atoms with Gasteiger partial charge in [0.05, 0.1) is 17.5 Å². The van der Waals surface area contributed by atoms with Crippen molar-refractivity contribution in [3.8, 4) is 0 Å². The van der Waals surface area contributed by atoms with Crippen LogP contribution in [0.25, 0.3) is 11.1 Å². The SMILES string of the molecule is COC(=O)Cn1c(=O)oc2cc(S(=O)(=O)N3CCN(c4cccc(C)c4)[C@H](C)C3)ccc21. The highest BCUT2D eigenvalue weighted by Crippen LogP contribution is 2.26. The van der Waals surface area contributed by atoms with Gasteiger partial charge in [0.2, 0.25) is 10.0 Å². The Kier molecular flexibility index (Phi) is 5.83. The van der Waals surface area contributed by atoms with Gasteiger partial charge in [-0.3, -0.25) is 9.36 Å². The molecule has 2 aromatic carbocycles. The van der Waals surface area contributed by atoms with Gasteiger partial charge < -0.3 is 14.1 Å². The van der Waals surface area contributed by atoms with Crippen LogP contribution in [0.15, 0.2) is 56.6 Å². The molecule has 1 saturated heterocycles. The molecular formula is C22H25N3O6S. The third-order valence-corrected chi connectivity index (χ3v) is 7.58. The van der Waals surface area contributed by atoms with Crippen molar-refractivity contribution < 1.29 is 22.4 Å². The number of piperazine rings is 1. The highest BCUT2D eigenvalue weighted by Gasteiger charge is 2.33. The molecule has 1 aliphatic rings. The highest BCUT2D eigenvalue weighted by molar-refractivity contribution is 7.89. The molecule has 1 aromatic heterocycles. The lowest BCUT2D eigenvalue weighted by Gasteiger charge is -2.40. The quantitative estimate of drug-likeness (QED) is 0.538. The Balaban J connectivity index is 1.58. The molecule has 2 heterocycles. The van der Waals surface area contributed by atoms with Crippen LogP contribution in [-0.2, 0) is 26.1 Å². The predicted octanol–water partition coefficient (Wildman–Crippen LogP) is 1.98. The molecule has 0 spiro atoms. The Morgan fingerprint density at radius 2 is 1.97 bits per heavy atom. The number of benzene rings is 2. The van der Waals surface area contributed by atoms with E-state index in [2.05, 4.69) is 15.7 Å². The van der Waals surface area contributed by atoms with Crippen molar-refractivity contribution in [1.29, 1.82) is 0 Å². The standard InChI is InChI=1S/C22H25N3O6S/c1-15-5-4-6-17(11-15)24-10-9-23(13-16(24)2)32(28,29)18-7-8-19-20(12-18)31-22(27)25(19)14-21(26)30-3/h4-8,11-12,16H,9-10,13-14H2,1-3H3/t16-/m1/s1. The summed E-state index contributed by atoms with van der Waals surface area (Å²) in [6, 6.07) is 12.4. The van der Waals surface area contributed by atoms with Crippen molar-refractivity contribution in [2.75, 3.05) is 31.6 Å². The number of esters is 1. The molecule has 0 N–H and O–H groups in total. The maximum Gasteiger partial charge on any atom is 0.420 e. The van der Waals surface area contributed by atoms with Gasteiger partial charge in [-0.1, -0.05) is 12.1 Å². The Bertz CT molecular complexity index is 1330. The molecule has 0 amide bonds. The Hall–Kier alpha value is -3.11. The number of rotatable bonds is 5. The molecule has 0 unspecified atom stereocenters. The zero-order valence-electron chi connectivity index (χ0n) is 18.1. The molecule has 0 bridgehead atoms. The number of aromatic nitrogens is 1. The van der Waals surface area contributed by atoms with Crippen LogP contribution in [0.5, 0.6) is 0 Å². The van der Waals surface area contributed by atoms with Gasteiger partial charge in [0, 0.05) is 37.4 Å². The average molecular weight is 460 g/mol. The summed E-state index contributed by atoms with van der Waals surface area (Å²) < 4.78 is 38.9. The number of sulfonamides is 1. The first kappa shape index (κ1) is 22.1. The second kappa shape index (κ2) is 8.44. The third-order valence-electron chi connectivity index (χ3n) is 5.72. The lowest BCUT2D eigenvalue weighted by Crippen LogP contribution is -2.53. The zero-order valence-corrected chi connectivity index (χ0v) is 19.0. The molecule has 0 saturated carbocycles. The Morgan fingerprint density at radius 1 is 1.19 bits per heavy atom. The molecule has 0 aliphatic carbocycles. The van der Waals surface area contributed by atoms with Crippen LogP contribution in [0.3, 0.4) is 0 Å². The molecular weight excluding hydrogens is 434 g/mol. The first-order valence-electron chi connectivity index (χ1n) is 10.2. The highest BCUT2D eigenvalue weighted by atomic mass is 32.2. The maximum atomic E-state index is 13.3. The fourth-order valence-electron chi connectivity index (χ4n) is 4.03. The number of fused-ring (bicyclic) bond motifs is 1. The maximum absolute atomic E-state index is 13.3. The fourth-order valence-corrected chi connectivity index (χ4v) is 5.56. The molecule has 0 radical (unpaired) electrons. The van der Waals surface area contributed by atoms with E-state index >= 15 is 0 Å². The van der Waals surface area contributed by atoms with Crippen molar-refractivity contribution in [3.63, 3.8) is 0 Å². The van der Waals surface area contributed by atoms with Crippen LogP contribution >= 0.6 is 0 Å². The number of methoxy groups -OCH3 is 1. The molecule has 32 heavy (non-hydrogen) atoms. The number of carbonyl (C=O) groups is 1. The number of anilines is 1. The van der Waals surface area contributed by atoms with Crippen molar-refractivity contribution >= 4 is 32.8 Å². The summed E-state index contributed by atoms with van der Waals surface area (Å²) in [6.07, 6.45) is 0. The van der Waals surface area contributed by atoms with Crippen LogP contribution in [0.1, 0.15) is 12.5 Å². The Labute approximate surface area is 185 Å². The molecule has 1 atom stereocenters. The van der Waals surface area contributed by atoms with E-state index in [-0.39, 0.29) is 23.1 Å². The number of ether oxygens (including phenoxy) is 1. The molecule has 4 rings (SSSR count). The van der Waals surface area contributed by atoms with Crippen LogP contribution in [0, 0.1) is 6.92 Å². The van der Waals surface area contributed by atoms with Gasteiger partial charge in [-0.25, -0.2) is 13.2 Å². The predicted molar refractivity (Wildman–Crippen MR) is 119 cm³/mol. The van der Waals surface area contributed by atoms with Gasteiger partial charge >= 0.3 is 11.7 Å². The number of carbonyl (C=O) groups excluding carboxylic acids is 1. The summed E-state index contributed by atoms with van der Waals surface area (Å²) in [5.74, 6) is -1.35. The number of nitrogens with zero attached hydrogens (tertiary/aromatic N) is 3. The molecule has 1 aliphatic heterocycles. The monoisotopic (exact) mass is 459 g/mol. The second-order valence-corrected chi connectivity index (χ2v) is 9.84. The minimum absolute atomic E-state index is 0.0110. The number of oxazole rings is 1. The molecule has 3 aromatic rings. The van der Waals surface area contributed by atoms with Crippen LogP contribution in [0.2, 0.25) is 0 Å². The molecule has 9 nitrogen and oxygen atoms in total. The lowest BCUT2D eigenvalue weighted by atomic mass is 10.1. The van der Waals surface area contributed by atoms with Gasteiger partial charge in [0.25, 0.3) is 0 Å². The normalized spacial score (nSPS) is 17.6. The number of aryl methyl sites for hydroxylation is 1. The van der Waals surface area contributed by atoms with Crippen molar-refractivity contribution in [2.24, 2.45) is 0 Å². The summed E-state index contributed by atoms with van der Waals surface area (Å²) in [5, 5.41) is 0. The largest absolute Gasteiger partial charge is 0.468 e. The minimum atomic E-state index is -3.79. The van der Waals surface area contributed by atoms with Crippen LogP contribution in [-0.4, -0.2) is 56.0 Å². The van der Waals surface area contributed by atoms with Gasteiger partial charge in [0.1, 0.15) is 6.54 Å². The molecule has 10 heteroatoms. The summed E-state index contributed by atoms with van der Waals surface area (Å²) in [4.78, 5) is 25.9. The smallest absolute Gasteiger partial charge is 0.420 e. The van der Waals surface area contributed by atoms with E-state index in [4.69, 9.17) is 4.42 Å². The molecule has 170 valence electrons. The van der Waals surface area contributed by atoms with Gasteiger partial charge in [-0.05, 0) is 43.7 Å². The topological polar surface area (TPSA) is 102 Å². The number of hydrogen-bond acceptors (Lipinski definition) is 7. The first-order valence-corrected chi connectivity index (χ1v) is 11.7. The summed E-state index contributed by atoms with van der Waals surface area (Å²) in [6.45, 7) is 4.96. The average Bonchev–Trinajstić information content (AvgIpc) is 3.07.